The average molecular weight is 217 g/mol. The first-order chi connectivity index (χ1) is 7.17. The van der Waals surface area contributed by atoms with Gasteiger partial charge in [-0.25, -0.2) is 6.32 Å². The maximum absolute atomic E-state index is 2.44. The van der Waals surface area contributed by atoms with E-state index in [4.69, 9.17) is 0 Å². The number of unbranched alkanes of at least 4 members (excludes halogenated alkanes) is 3. The summed E-state index contributed by atoms with van der Waals surface area (Å²) in [5.74, 6) is 1.84. The Morgan fingerprint density at radius 1 is 0.812 bits per heavy atom. The Labute approximate surface area is 117 Å². The molecule has 2 atom stereocenters. The van der Waals surface area contributed by atoms with Crippen LogP contribution in [0.25, 0.3) is 0 Å². The average Bonchev–Trinajstić information content (AvgIpc) is 2.27. The standard InChI is InChI=1S/C14H31B.Li/c1-6-9-10-11-12-15(13(4)7-2)14(5)8-3;/h13-14H,6-12H2,1-5H3;/q-1;+1. The Bertz CT molecular complexity index is 129. The Morgan fingerprint density at radius 3 is 1.69 bits per heavy atom. The van der Waals surface area contributed by atoms with Gasteiger partial charge in [0, 0.05) is 0 Å². The van der Waals surface area contributed by atoms with Gasteiger partial charge < -0.3 is 0 Å². The zero-order valence-electron chi connectivity index (χ0n) is 12.7. The first kappa shape index (κ1) is 19.0. The van der Waals surface area contributed by atoms with Crippen LogP contribution < -0.4 is 18.9 Å². The quantitative estimate of drug-likeness (QED) is 0.411. The SMILES string of the molecule is CCCCCC[B-](C(C)CC)C(C)CC.[Li+]. The van der Waals surface area contributed by atoms with Crippen molar-refractivity contribution in [3.63, 3.8) is 0 Å². The third kappa shape index (κ3) is 7.86. The van der Waals surface area contributed by atoms with Gasteiger partial charge >= 0.3 is 18.9 Å². The Hall–Kier alpha value is 0.662. The van der Waals surface area contributed by atoms with Crippen LogP contribution in [0.15, 0.2) is 0 Å². The molecule has 0 nitrogen and oxygen atoms in total. The van der Waals surface area contributed by atoms with Crippen LogP contribution in [-0.4, -0.2) is 6.71 Å². The molecule has 0 aromatic rings. The number of rotatable bonds is 9. The number of hydrogen-bond acceptors (Lipinski definition) is 0. The van der Waals surface area contributed by atoms with Crippen molar-refractivity contribution < 1.29 is 18.9 Å². The van der Waals surface area contributed by atoms with E-state index in [0.29, 0.717) is 0 Å². The molecule has 0 saturated carbocycles. The first-order valence-electron chi connectivity index (χ1n) is 7.17. The predicted molar refractivity (Wildman–Crippen MR) is 74.1 cm³/mol. The minimum absolute atomic E-state index is 0. The fourth-order valence-electron chi connectivity index (χ4n) is 2.54. The van der Waals surface area contributed by atoms with E-state index in [1.807, 2.05) is 0 Å². The molecule has 2 heteroatoms. The summed E-state index contributed by atoms with van der Waals surface area (Å²) in [5.41, 5.74) is 0. The maximum atomic E-state index is 2.44. The van der Waals surface area contributed by atoms with Gasteiger partial charge in [0.1, 0.15) is 0 Å². The summed E-state index contributed by atoms with van der Waals surface area (Å²) in [7, 11) is 0. The van der Waals surface area contributed by atoms with E-state index in [1.165, 1.54) is 44.8 Å². The van der Waals surface area contributed by atoms with Gasteiger partial charge in [0.25, 0.3) is 0 Å². The minimum atomic E-state index is 0. The van der Waals surface area contributed by atoms with Crippen LogP contribution in [0.1, 0.15) is 73.1 Å². The summed E-state index contributed by atoms with van der Waals surface area (Å²) < 4.78 is 0. The molecule has 0 saturated heterocycles. The van der Waals surface area contributed by atoms with E-state index in [2.05, 4.69) is 34.6 Å². The topological polar surface area (TPSA) is 0 Å². The summed E-state index contributed by atoms with van der Waals surface area (Å²) in [6, 6.07) is 0. The predicted octanol–water partition coefficient (Wildman–Crippen LogP) is 2.67. The van der Waals surface area contributed by atoms with E-state index in [1.54, 1.807) is 0 Å². The van der Waals surface area contributed by atoms with Crippen LogP contribution in [0.2, 0.25) is 18.0 Å². The molecule has 0 bridgehead atoms. The van der Waals surface area contributed by atoms with E-state index in [9.17, 15) is 0 Å². The van der Waals surface area contributed by atoms with Gasteiger partial charge in [0.05, 0.1) is 0 Å². The second-order valence-electron chi connectivity index (χ2n) is 5.28. The molecular weight excluding hydrogens is 186 g/mol. The van der Waals surface area contributed by atoms with Crippen LogP contribution in [-0.2, 0) is 0 Å². The summed E-state index contributed by atoms with van der Waals surface area (Å²) >= 11 is 0. The van der Waals surface area contributed by atoms with Gasteiger partial charge in [-0.3, -0.25) is 0 Å². The Morgan fingerprint density at radius 2 is 1.31 bits per heavy atom. The van der Waals surface area contributed by atoms with Crippen molar-refractivity contribution in [2.75, 3.05) is 0 Å². The molecular formula is C14H31BLi. The van der Waals surface area contributed by atoms with Crippen molar-refractivity contribution in [2.45, 2.75) is 91.1 Å². The summed E-state index contributed by atoms with van der Waals surface area (Å²) in [6.45, 7) is 12.8. The molecule has 0 aromatic heterocycles. The molecule has 0 fully saturated rings. The van der Waals surface area contributed by atoms with Gasteiger partial charge in [-0.15, -0.1) is 6.71 Å². The van der Waals surface area contributed by atoms with Gasteiger partial charge in [-0.05, 0) is 0 Å². The minimum Gasteiger partial charge on any atom is -0.208 e. The molecule has 0 spiro atoms. The molecule has 0 rings (SSSR count). The molecule has 0 aliphatic heterocycles. The van der Waals surface area contributed by atoms with Crippen molar-refractivity contribution in [2.24, 2.45) is 0 Å². The number of hydrogen-bond donors (Lipinski definition) is 0. The normalized spacial score (nSPS) is 14.6. The van der Waals surface area contributed by atoms with Crippen molar-refractivity contribution in [1.29, 1.82) is 0 Å². The molecule has 0 amide bonds. The van der Waals surface area contributed by atoms with Crippen molar-refractivity contribution in [3.05, 3.63) is 0 Å². The molecule has 0 aromatic carbocycles. The molecule has 91 valence electrons. The monoisotopic (exact) mass is 217 g/mol. The van der Waals surface area contributed by atoms with Crippen molar-refractivity contribution >= 4 is 6.71 Å². The van der Waals surface area contributed by atoms with Crippen molar-refractivity contribution in [3.8, 4) is 0 Å². The van der Waals surface area contributed by atoms with Gasteiger partial charge in [0.15, 0.2) is 0 Å². The van der Waals surface area contributed by atoms with Crippen molar-refractivity contribution in [1.82, 2.24) is 0 Å². The molecule has 1 radical (unpaired) electrons. The van der Waals surface area contributed by atoms with E-state index < -0.39 is 0 Å². The van der Waals surface area contributed by atoms with Gasteiger partial charge in [-0.1, -0.05) is 73.1 Å². The zero-order chi connectivity index (χ0) is 11.7. The molecule has 2 unspecified atom stereocenters. The third-order valence-electron chi connectivity index (χ3n) is 4.14. The molecule has 16 heavy (non-hydrogen) atoms. The van der Waals surface area contributed by atoms with Crippen LogP contribution in [0, 0.1) is 0 Å². The summed E-state index contributed by atoms with van der Waals surface area (Å²) in [6.07, 6.45) is 9.84. The second kappa shape index (κ2) is 12.1. The fraction of sp³-hybridized carbons (Fsp3) is 1.00. The smallest absolute Gasteiger partial charge is 0.208 e. The fourth-order valence-corrected chi connectivity index (χ4v) is 2.54. The molecule has 0 N–H and O–H groups in total. The zero-order valence-corrected chi connectivity index (χ0v) is 12.7. The summed E-state index contributed by atoms with van der Waals surface area (Å²) in [5, 5.41) is 0. The van der Waals surface area contributed by atoms with E-state index in [0.717, 1.165) is 18.3 Å². The Balaban J connectivity index is 0. The maximum Gasteiger partial charge on any atom is 1.00 e. The molecule has 0 heterocycles. The van der Waals surface area contributed by atoms with Crippen LogP contribution in [0.3, 0.4) is 0 Å². The molecule has 0 aliphatic rings. The Kier molecular flexibility index (Phi) is 14.4. The van der Waals surface area contributed by atoms with Gasteiger partial charge in [-0.2, -0.15) is 11.6 Å². The van der Waals surface area contributed by atoms with Crippen LogP contribution in [0.4, 0.5) is 0 Å². The third-order valence-corrected chi connectivity index (χ3v) is 4.14. The van der Waals surface area contributed by atoms with Gasteiger partial charge in [0.2, 0.25) is 0 Å². The van der Waals surface area contributed by atoms with E-state index >= 15 is 0 Å². The van der Waals surface area contributed by atoms with Crippen LogP contribution in [0.5, 0.6) is 0 Å². The molecule has 0 aliphatic carbocycles. The van der Waals surface area contributed by atoms with E-state index in [-0.39, 0.29) is 18.9 Å². The first-order valence-corrected chi connectivity index (χ1v) is 7.17. The largest absolute Gasteiger partial charge is 1.00 e. The summed E-state index contributed by atoms with van der Waals surface area (Å²) in [4.78, 5) is 0. The second-order valence-corrected chi connectivity index (χ2v) is 5.28. The van der Waals surface area contributed by atoms with Crippen LogP contribution >= 0.6 is 0 Å².